The predicted octanol–water partition coefficient (Wildman–Crippen LogP) is 5.06. The zero-order chi connectivity index (χ0) is 16.3. The van der Waals surface area contributed by atoms with E-state index in [-0.39, 0.29) is 16.8 Å². The standard InChI is InChI=1S/C14H9BrF3NO3/c15-8-12-11(5-2-6-13(12)19(20)21)9-3-1-4-10(7-9)22-14(16,17)18/h1-7H,8H2. The van der Waals surface area contributed by atoms with Crippen LogP contribution in [0.15, 0.2) is 42.5 Å². The van der Waals surface area contributed by atoms with Crippen molar-refractivity contribution in [3.8, 4) is 16.9 Å². The second kappa shape index (κ2) is 6.35. The molecule has 0 saturated carbocycles. The number of ether oxygens (including phenoxy) is 1. The van der Waals surface area contributed by atoms with E-state index in [1.54, 1.807) is 12.1 Å². The summed E-state index contributed by atoms with van der Waals surface area (Å²) in [7, 11) is 0. The number of nitrogens with zero attached hydrogens (tertiary/aromatic N) is 1. The van der Waals surface area contributed by atoms with Gasteiger partial charge in [-0.3, -0.25) is 10.1 Å². The SMILES string of the molecule is O=[N+]([O-])c1cccc(-c2cccc(OC(F)(F)F)c2)c1CBr. The molecule has 0 atom stereocenters. The topological polar surface area (TPSA) is 52.4 Å². The van der Waals surface area contributed by atoms with Crippen LogP contribution in [-0.4, -0.2) is 11.3 Å². The molecule has 2 aromatic carbocycles. The minimum absolute atomic E-state index is 0.100. The van der Waals surface area contributed by atoms with Gasteiger partial charge in [0.2, 0.25) is 0 Å². The normalized spacial score (nSPS) is 11.3. The number of hydrogen-bond acceptors (Lipinski definition) is 3. The maximum Gasteiger partial charge on any atom is 0.573 e. The molecule has 0 aliphatic rings. The quantitative estimate of drug-likeness (QED) is 0.426. The third-order valence-corrected chi connectivity index (χ3v) is 3.42. The Hall–Kier alpha value is -2.09. The van der Waals surface area contributed by atoms with E-state index >= 15 is 0 Å². The zero-order valence-corrected chi connectivity index (χ0v) is 12.5. The van der Waals surface area contributed by atoms with Crippen molar-refractivity contribution in [2.24, 2.45) is 0 Å². The first-order chi connectivity index (χ1) is 10.3. The first-order valence-electron chi connectivity index (χ1n) is 6.00. The van der Waals surface area contributed by atoms with E-state index in [1.807, 2.05) is 0 Å². The summed E-state index contributed by atoms with van der Waals surface area (Å²) in [6.45, 7) is 0. The molecule has 0 fully saturated rings. The predicted molar refractivity (Wildman–Crippen MR) is 77.8 cm³/mol. The van der Waals surface area contributed by atoms with E-state index in [0.717, 1.165) is 0 Å². The fourth-order valence-corrected chi connectivity index (χ4v) is 2.61. The van der Waals surface area contributed by atoms with Crippen molar-refractivity contribution in [3.05, 3.63) is 58.1 Å². The molecule has 4 nitrogen and oxygen atoms in total. The van der Waals surface area contributed by atoms with Gasteiger partial charge in [-0.15, -0.1) is 13.2 Å². The van der Waals surface area contributed by atoms with E-state index in [1.165, 1.54) is 30.3 Å². The van der Waals surface area contributed by atoms with Gasteiger partial charge in [-0.2, -0.15) is 0 Å². The van der Waals surface area contributed by atoms with Crippen molar-refractivity contribution < 1.29 is 22.8 Å². The highest BCUT2D eigenvalue weighted by Gasteiger charge is 2.31. The van der Waals surface area contributed by atoms with Crippen LogP contribution in [0.25, 0.3) is 11.1 Å². The smallest absolute Gasteiger partial charge is 0.406 e. The van der Waals surface area contributed by atoms with Crippen LogP contribution in [0.2, 0.25) is 0 Å². The van der Waals surface area contributed by atoms with Crippen LogP contribution in [0.3, 0.4) is 0 Å². The second-order valence-electron chi connectivity index (χ2n) is 4.27. The van der Waals surface area contributed by atoms with Crippen LogP contribution in [0.1, 0.15) is 5.56 Å². The zero-order valence-electron chi connectivity index (χ0n) is 10.9. The highest BCUT2D eigenvalue weighted by Crippen LogP contribution is 2.34. The molecule has 0 aliphatic heterocycles. The fraction of sp³-hybridized carbons (Fsp3) is 0.143. The molecule has 0 saturated heterocycles. The molecule has 0 radical (unpaired) electrons. The van der Waals surface area contributed by atoms with Crippen LogP contribution in [-0.2, 0) is 5.33 Å². The van der Waals surface area contributed by atoms with Crippen LogP contribution < -0.4 is 4.74 Å². The number of nitro groups is 1. The van der Waals surface area contributed by atoms with Crippen molar-refractivity contribution >= 4 is 21.6 Å². The van der Waals surface area contributed by atoms with Gasteiger partial charge in [0.15, 0.2) is 0 Å². The monoisotopic (exact) mass is 375 g/mol. The van der Waals surface area contributed by atoms with Gasteiger partial charge in [0.05, 0.1) is 4.92 Å². The van der Waals surface area contributed by atoms with Gasteiger partial charge in [-0.25, -0.2) is 0 Å². The van der Waals surface area contributed by atoms with Gasteiger partial charge in [0.25, 0.3) is 5.69 Å². The molecule has 0 N–H and O–H groups in total. The molecule has 22 heavy (non-hydrogen) atoms. The molecule has 0 heterocycles. The van der Waals surface area contributed by atoms with Crippen molar-refractivity contribution in [2.45, 2.75) is 11.7 Å². The lowest BCUT2D eigenvalue weighted by Crippen LogP contribution is -2.17. The Labute approximate surface area is 131 Å². The van der Waals surface area contributed by atoms with Crippen molar-refractivity contribution in [1.82, 2.24) is 0 Å². The van der Waals surface area contributed by atoms with Gasteiger partial charge < -0.3 is 4.74 Å². The number of rotatable bonds is 4. The molecule has 0 amide bonds. The Balaban J connectivity index is 2.51. The summed E-state index contributed by atoms with van der Waals surface area (Å²) in [4.78, 5) is 10.5. The lowest BCUT2D eigenvalue weighted by molar-refractivity contribution is -0.385. The van der Waals surface area contributed by atoms with E-state index in [4.69, 9.17) is 0 Å². The maximum atomic E-state index is 12.3. The number of benzene rings is 2. The second-order valence-corrected chi connectivity index (χ2v) is 4.83. The molecule has 2 aromatic rings. The van der Waals surface area contributed by atoms with Crippen LogP contribution >= 0.6 is 15.9 Å². The van der Waals surface area contributed by atoms with E-state index in [9.17, 15) is 23.3 Å². The van der Waals surface area contributed by atoms with Crippen LogP contribution in [0.4, 0.5) is 18.9 Å². The third kappa shape index (κ3) is 3.76. The Kier molecular flexibility index (Phi) is 4.70. The van der Waals surface area contributed by atoms with Crippen molar-refractivity contribution in [1.29, 1.82) is 0 Å². The molecule has 0 unspecified atom stereocenters. The Morgan fingerprint density at radius 2 is 1.86 bits per heavy atom. The van der Waals surface area contributed by atoms with Gasteiger partial charge >= 0.3 is 6.36 Å². The molecular weight excluding hydrogens is 367 g/mol. The summed E-state index contributed by atoms with van der Waals surface area (Å²) >= 11 is 3.18. The summed E-state index contributed by atoms with van der Waals surface area (Å²) < 4.78 is 40.7. The van der Waals surface area contributed by atoms with Gasteiger partial charge in [-0.05, 0) is 23.3 Å². The Morgan fingerprint density at radius 1 is 1.18 bits per heavy atom. The first kappa shape index (κ1) is 16.3. The Morgan fingerprint density at radius 3 is 2.45 bits per heavy atom. The molecule has 0 aromatic heterocycles. The van der Waals surface area contributed by atoms with E-state index in [2.05, 4.69) is 20.7 Å². The van der Waals surface area contributed by atoms with E-state index in [0.29, 0.717) is 16.7 Å². The molecule has 2 rings (SSSR count). The van der Waals surface area contributed by atoms with Gasteiger partial charge in [0.1, 0.15) is 5.75 Å². The number of halogens is 4. The molecule has 8 heteroatoms. The largest absolute Gasteiger partial charge is 0.573 e. The van der Waals surface area contributed by atoms with Crippen LogP contribution in [0.5, 0.6) is 5.75 Å². The highest BCUT2D eigenvalue weighted by molar-refractivity contribution is 9.08. The van der Waals surface area contributed by atoms with Gasteiger partial charge in [0, 0.05) is 17.0 Å². The molecular formula is C14H9BrF3NO3. The third-order valence-electron chi connectivity index (χ3n) is 2.86. The fourth-order valence-electron chi connectivity index (χ4n) is 2.02. The Bertz CT molecular complexity index is 704. The summed E-state index contributed by atoms with van der Waals surface area (Å²) in [5.41, 5.74) is 1.16. The average molecular weight is 376 g/mol. The molecule has 0 spiro atoms. The summed E-state index contributed by atoms with van der Waals surface area (Å²) in [6, 6.07) is 9.76. The minimum atomic E-state index is -4.79. The summed E-state index contributed by atoms with van der Waals surface area (Å²) in [6.07, 6.45) is -4.79. The number of nitro benzene ring substituents is 1. The maximum absolute atomic E-state index is 12.3. The first-order valence-corrected chi connectivity index (χ1v) is 7.12. The molecule has 116 valence electrons. The summed E-state index contributed by atoms with van der Waals surface area (Å²) in [5.74, 6) is -0.378. The van der Waals surface area contributed by atoms with Crippen molar-refractivity contribution in [3.63, 3.8) is 0 Å². The average Bonchev–Trinajstić information content (AvgIpc) is 2.44. The van der Waals surface area contributed by atoms with Crippen molar-refractivity contribution in [2.75, 3.05) is 0 Å². The number of hydrogen-bond donors (Lipinski definition) is 0. The minimum Gasteiger partial charge on any atom is -0.406 e. The lowest BCUT2D eigenvalue weighted by Gasteiger charge is -2.12. The lowest BCUT2D eigenvalue weighted by atomic mass is 9.99. The summed E-state index contributed by atoms with van der Waals surface area (Å²) in [5, 5.41) is 11.2. The van der Waals surface area contributed by atoms with Gasteiger partial charge in [-0.1, -0.05) is 40.2 Å². The number of alkyl halides is 4. The molecule has 0 aliphatic carbocycles. The van der Waals surface area contributed by atoms with Crippen LogP contribution in [0, 0.1) is 10.1 Å². The highest BCUT2D eigenvalue weighted by atomic mass is 79.9. The van der Waals surface area contributed by atoms with E-state index < -0.39 is 11.3 Å². The molecule has 0 bridgehead atoms.